The summed E-state index contributed by atoms with van der Waals surface area (Å²) in [6, 6.07) is 15.5. The standard InChI is InChI=1S/C21H25NO3/c1-14-9-11-16(12-10-14)24-15(2)20(23)22-18-13-21(3,4)25-19-8-6-5-7-17(18)19/h5-12,15,18H,13H2,1-4H3,(H,22,23). The van der Waals surface area contributed by atoms with E-state index < -0.39 is 6.10 Å². The van der Waals surface area contributed by atoms with Crippen molar-refractivity contribution in [1.29, 1.82) is 0 Å². The van der Waals surface area contributed by atoms with Crippen LogP contribution < -0.4 is 14.8 Å². The average Bonchev–Trinajstić information content (AvgIpc) is 2.56. The third-order valence-corrected chi connectivity index (χ3v) is 4.40. The van der Waals surface area contributed by atoms with Gasteiger partial charge in [0.25, 0.3) is 5.91 Å². The van der Waals surface area contributed by atoms with Crippen molar-refractivity contribution in [3.8, 4) is 11.5 Å². The zero-order chi connectivity index (χ0) is 18.0. The summed E-state index contributed by atoms with van der Waals surface area (Å²) in [6.07, 6.45) is 0.147. The van der Waals surface area contributed by atoms with Crippen LogP contribution in [0.2, 0.25) is 0 Å². The zero-order valence-electron chi connectivity index (χ0n) is 15.2. The first kappa shape index (κ1) is 17.3. The third-order valence-electron chi connectivity index (χ3n) is 4.40. The first-order chi connectivity index (χ1) is 11.8. The molecule has 132 valence electrons. The van der Waals surface area contributed by atoms with E-state index in [-0.39, 0.29) is 17.6 Å². The maximum atomic E-state index is 12.6. The minimum atomic E-state index is -0.569. The minimum Gasteiger partial charge on any atom is -0.487 e. The summed E-state index contributed by atoms with van der Waals surface area (Å²) >= 11 is 0. The first-order valence-electron chi connectivity index (χ1n) is 8.66. The van der Waals surface area contributed by atoms with E-state index in [1.54, 1.807) is 6.92 Å². The van der Waals surface area contributed by atoms with Gasteiger partial charge in [-0.15, -0.1) is 0 Å². The fourth-order valence-electron chi connectivity index (χ4n) is 3.09. The van der Waals surface area contributed by atoms with Crippen LogP contribution in [0.3, 0.4) is 0 Å². The molecular weight excluding hydrogens is 314 g/mol. The second-order valence-corrected chi connectivity index (χ2v) is 7.24. The molecule has 1 N–H and O–H groups in total. The molecular formula is C21H25NO3. The lowest BCUT2D eigenvalue weighted by atomic mass is 9.89. The van der Waals surface area contributed by atoms with E-state index in [4.69, 9.17) is 9.47 Å². The molecule has 0 bridgehead atoms. The van der Waals surface area contributed by atoms with E-state index in [0.717, 1.165) is 16.9 Å². The summed E-state index contributed by atoms with van der Waals surface area (Å²) in [6.45, 7) is 7.86. The molecule has 2 atom stereocenters. The number of carbonyl (C=O) groups is 1. The highest BCUT2D eigenvalue weighted by molar-refractivity contribution is 5.81. The Balaban J connectivity index is 1.70. The highest BCUT2D eigenvalue weighted by atomic mass is 16.5. The summed E-state index contributed by atoms with van der Waals surface area (Å²) in [7, 11) is 0. The normalized spacial score (nSPS) is 19.3. The molecule has 4 nitrogen and oxygen atoms in total. The van der Waals surface area contributed by atoms with Crippen LogP contribution in [0.15, 0.2) is 48.5 Å². The second kappa shape index (κ2) is 6.79. The fourth-order valence-corrected chi connectivity index (χ4v) is 3.09. The van der Waals surface area contributed by atoms with Gasteiger partial charge in [0.05, 0.1) is 6.04 Å². The molecule has 3 rings (SSSR count). The average molecular weight is 339 g/mol. The summed E-state index contributed by atoms with van der Waals surface area (Å²) in [5.74, 6) is 1.40. The maximum Gasteiger partial charge on any atom is 0.261 e. The van der Waals surface area contributed by atoms with Gasteiger partial charge in [-0.2, -0.15) is 0 Å². The molecule has 1 heterocycles. The van der Waals surface area contributed by atoms with E-state index in [1.165, 1.54) is 0 Å². The zero-order valence-corrected chi connectivity index (χ0v) is 15.2. The van der Waals surface area contributed by atoms with Crippen LogP contribution in [-0.2, 0) is 4.79 Å². The first-order valence-corrected chi connectivity index (χ1v) is 8.66. The van der Waals surface area contributed by atoms with Crippen LogP contribution in [0.4, 0.5) is 0 Å². The SMILES string of the molecule is Cc1ccc(OC(C)C(=O)NC2CC(C)(C)Oc3ccccc32)cc1. The molecule has 0 aliphatic carbocycles. The Morgan fingerprint density at radius 2 is 1.88 bits per heavy atom. The molecule has 0 aromatic heterocycles. The number of carbonyl (C=O) groups excluding carboxylic acids is 1. The molecule has 4 heteroatoms. The molecule has 0 fully saturated rings. The smallest absolute Gasteiger partial charge is 0.261 e. The Kier molecular flexibility index (Phi) is 4.71. The number of aryl methyl sites for hydroxylation is 1. The molecule has 0 radical (unpaired) electrons. The Bertz CT molecular complexity index is 752. The van der Waals surface area contributed by atoms with E-state index in [1.807, 2.05) is 69.3 Å². The van der Waals surface area contributed by atoms with E-state index in [9.17, 15) is 4.79 Å². The monoisotopic (exact) mass is 339 g/mol. The summed E-state index contributed by atoms with van der Waals surface area (Å²) < 4.78 is 11.8. The predicted octanol–water partition coefficient (Wildman–Crippen LogP) is 4.18. The number of hydrogen-bond acceptors (Lipinski definition) is 3. The quantitative estimate of drug-likeness (QED) is 0.909. The Labute approximate surface area is 149 Å². The van der Waals surface area contributed by atoms with Crippen molar-refractivity contribution in [2.45, 2.75) is 51.9 Å². The number of ether oxygens (including phenoxy) is 2. The van der Waals surface area contributed by atoms with Crippen molar-refractivity contribution >= 4 is 5.91 Å². The van der Waals surface area contributed by atoms with Gasteiger partial charge in [-0.1, -0.05) is 35.9 Å². The molecule has 2 aromatic carbocycles. The van der Waals surface area contributed by atoms with Gasteiger partial charge in [0.15, 0.2) is 6.10 Å². The van der Waals surface area contributed by atoms with Crippen LogP contribution in [0.25, 0.3) is 0 Å². The predicted molar refractivity (Wildman–Crippen MR) is 97.9 cm³/mol. The van der Waals surface area contributed by atoms with Gasteiger partial charge in [0.2, 0.25) is 0 Å². The van der Waals surface area contributed by atoms with Crippen LogP contribution in [0, 0.1) is 6.92 Å². The van der Waals surface area contributed by atoms with Gasteiger partial charge in [0.1, 0.15) is 17.1 Å². The van der Waals surface area contributed by atoms with Gasteiger partial charge in [-0.3, -0.25) is 4.79 Å². The molecule has 0 spiro atoms. The molecule has 1 aliphatic rings. The van der Waals surface area contributed by atoms with Crippen LogP contribution in [0.5, 0.6) is 11.5 Å². The molecule has 1 amide bonds. The van der Waals surface area contributed by atoms with E-state index >= 15 is 0 Å². The molecule has 0 saturated carbocycles. The number of rotatable bonds is 4. The van der Waals surface area contributed by atoms with Crippen molar-refractivity contribution in [1.82, 2.24) is 5.32 Å². The van der Waals surface area contributed by atoms with Gasteiger partial charge in [-0.25, -0.2) is 0 Å². The van der Waals surface area contributed by atoms with Gasteiger partial charge in [-0.05, 0) is 45.9 Å². The third kappa shape index (κ3) is 4.13. The van der Waals surface area contributed by atoms with Gasteiger partial charge >= 0.3 is 0 Å². The number of fused-ring (bicyclic) bond motifs is 1. The fraction of sp³-hybridized carbons (Fsp3) is 0.381. The molecule has 25 heavy (non-hydrogen) atoms. The largest absolute Gasteiger partial charge is 0.487 e. The summed E-state index contributed by atoms with van der Waals surface area (Å²) in [5, 5.41) is 3.12. The lowest BCUT2D eigenvalue weighted by molar-refractivity contribution is -0.128. The second-order valence-electron chi connectivity index (χ2n) is 7.24. The van der Waals surface area contributed by atoms with Gasteiger partial charge < -0.3 is 14.8 Å². The Morgan fingerprint density at radius 3 is 2.60 bits per heavy atom. The maximum absolute atomic E-state index is 12.6. The van der Waals surface area contributed by atoms with Crippen molar-refractivity contribution in [2.75, 3.05) is 0 Å². The van der Waals surface area contributed by atoms with Crippen molar-refractivity contribution in [3.05, 3.63) is 59.7 Å². The number of para-hydroxylation sites is 1. The number of nitrogens with one attached hydrogen (secondary N) is 1. The van der Waals surface area contributed by atoms with E-state index in [0.29, 0.717) is 12.2 Å². The molecule has 1 aliphatic heterocycles. The lowest BCUT2D eigenvalue weighted by Gasteiger charge is -2.38. The number of hydrogen-bond donors (Lipinski definition) is 1. The highest BCUT2D eigenvalue weighted by Crippen LogP contribution is 2.39. The van der Waals surface area contributed by atoms with E-state index in [2.05, 4.69) is 5.32 Å². The van der Waals surface area contributed by atoms with Crippen molar-refractivity contribution in [3.63, 3.8) is 0 Å². The number of amides is 1. The Morgan fingerprint density at radius 1 is 1.20 bits per heavy atom. The van der Waals surface area contributed by atoms with Crippen molar-refractivity contribution in [2.24, 2.45) is 0 Å². The van der Waals surface area contributed by atoms with Crippen LogP contribution in [-0.4, -0.2) is 17.6 Å². The molecule has 0 saturated heterocycles. The topological polar surface area (TPSA) is 47.6 Å². The van der Waals surface area contributed by atoms with Crippen LogP contribution in [0.1, 0.15) is 44.4 Å². The van der Waals surface area contributed by atoms with Crippen LogP contribution >= 0.6 is 0 Å². The Hall–Kier alpha value is -2.49. The molecule has 2 aromatic rings. The summed E-state index contributed by atoms with van der Waals surface area (Å²) in [5.41, 5.74) is 1.84. The van der Waals surface area contributed by atoms with Gasteiger partial charge in [0, 0.05) is 12.0 Å². The summed E-state index contributed by atoms with van der Waals surface area (Å²) in [4.78, 5) is 12.6. The molecule has 2 unspecified atom stereocenters. The number of benzene rings is 2. The highest BCUT2D eigenvalue weighted by Gasteiger charge is 2.35. The lowest BCUT2D eigenvalue weighted by Crippen LogP contribution is -2.44. The van der Waals surface area contributed by atoms with Crippen molar-refractivity contribution < 1.29 is 14.3 Å². The minimum absolute atomic E-state index is 0.0866.